The molecule has 0 spiro atoms. The van der Waals surface area contributed by atoms with E-state index in [2.05, 4.69) is 9.98 Å². The molecule has 0 saturated carbocycles. The molecule has 2 aromatic carbocycles. The average molecular weight is 392 g/mol. The second-order valence-corrected chi connectivity index (χ2v) is 6.78. The molecular formula is C23H18F2N2O2. The second-order valence-electron chi connectivity index (χ2n) is 6.78. The van der Waals surface area contributed by atoms with Gasteiger partial charge < -0.3 is 4.74 Å². The van der Waals surface area contributed by atoms with Crippen molar-refractivity contribution >= 4 is 17.2 Å². The summed E-state index contributed by atoms with van der Waals surface area (Å²) in [6.07, 6.45) is 2.53. The molecule has 1 aliphatic rings. The van der Waals surface area contributed by atoms with Crippen molar-refractivity contribution < 1.29 is 18.3 Å². The summed E-state index contributed by atoms with van der Waals surface area (Å²) in [6, 6.07) is 14.9. The van der Waals surface area contributed by atoms with Crippen LogP contribution < -0.4 is 4.74 Å². The van der Waals surface area contributed by atoms with E-state index in [1.165, 1.54) is 6.07 Å². The minimum Gasteiger partial charge on any atom is -0.487 e. The normalized spacial score (nSPS) is 13.0. The minimum atomic E-state index is -0.871. The van der Waals surface area contributed by atoms with Gasteiger partial charge >= 0.3 is 0 Å². The fourth-order valence-corrected chi connectivity index (χ4v) is 3.23. The Morgan fingerprint density at radius 2 is 1.90 bits per heavy atom. The van der Waals surface area contributed by atoms with Crippen LogP contribution >= 0.6 is 0 Å². The number of fused-ring (bicyclic) bond motifs is 1. The van der Waals surface area contributed by atoms with E-state index < -0.39 is 11.6 Å². The van der Waals surface area contributed by atoms with Crippen molar-refractivity contribution in [1.29, 1.82) is 0 Å². The molecule has 4 rings (SSSR count). The Hall–Kier alpha value is -3.41. The van der Waals surface area contributed by atoms with Gasteiger partial charge in [0.05, 0.1) is 11.4 Å². The van der Waals surface area contributed by atoms with E-state index in [1.54, 1.807) is 30.5 Å². The van der Waals surface area contributed by atoms with Gasteiger partial charge in [0, 0.05) is 30.0 Å². The molecule has 0 N–H and O–H groups in total. The number of ether oxygens (including phenoxy) is 1. The zero-order valence-corrected chi connectivity index (χ0v) is 15.6. The Morgan fingerprint density at radius 1 is 1.00 bits per heavy atom. The van der Waals surface area contributed by atoms with Gasteiger partial charge in [-0.1, -0.05) is 18.2 Å². The van der Waals surface area contributed by atoms with E-state index in [9.17, 15) is 13.6 Å². The Bertz CT molecular complexity index is 1080. The number of hydrogen-bond donors (Lipinski definition) is 0. The van der Waals surface area contributed by atoms with Gasteiger partial charge in [-0.2, -0.15) is 0 Å². The van der Waals surface area contributed by atoms with Gasteiger partial charge in [-0.05, 0) is 48.7 Å². The van der Waals surface area contributed by atoms with Crippen molar-refractivity contribution in [2.45, 2.75) is 25.9 Å². The molecule has 2 heterocycles. The number of pyridine rings is 1. The average Bonchev–Trinajstić information content (AvgIpc) is 2.74. The summed E-state index contributed by atoms with van der Waals surface area (Å²) in [5.74, 6) is -1.17. The fraction of sp³-hybridized carbons (Fsp3) is 0.174. The first kappa shape index (κ1) is 18.9. The summed E-state index contributed by atoms with van der Waals surface area (Å²) >= 11 is 0. The number of carbonyl (C=O) groups is 1. The molecule has 29 heavy (non-hydrogen) atoms. The topological polar surface area (TPSA) is 51.5 Å². The summed E-state index contributed by atoms with van der Waals surface area (Å²) in [7, 11) is 0. The number of nitrogens with zero attached hydrogens (tertiary/aromatic N) is 2. The first-order chi connectivity index (χ1) is 14.1. The monoisotopic (exact) mass is 392 g/mol. The summed E-state index contributed by atoms with van der Waals surface area (Å²) in [4.78, 5) is 21.2. The van der Waals surface area contributed by atoms with Crippen LogP contribution in [0.5, 0.6) is 5.75 Å². The number of hydrogen-bond acceptors (Lipinski definition) is 4. The summed E-state index contributed by atoms with van der Waals surface area (Å²) in [5, 5.41) is 0. The van der Waals surface area contributed by atoms with Gasteiger partial charge in [-0.3, -0.25) is 14.8 Å². The molecule has 0 fully saturated rings. The number of aromatic nitrogens is 1. The van der Waals surface area contributed by atoms with Crippen LogP contribution in [-0.2, 0) is 13.0 Å². The Labute approximate surface area is 166 Å². The lowest BCUT2D eigenvalue weighted by Crippen LogP contribution is -2.14. The fourth-order valence-electron chi connectivity index (χ4n) is 3.23. The molecule has 0 radical (unpaired) electrons. The third-order valence-corrected chi connectivity index (χ3v) is 4.74. The van der Waals surface area contributed by atoms with Crippen molar-refractivity contribution in [2.75, 3.05) is 0 Å². The quantitative estimate of drug-likeness (QED) is 0.577. The van der Waals surface area contributed by atoms with E-state index in [0.717, 1.165) is 11.8 Å². The van der Waals surface area contributed by atoms with Crippen molar-refractivity contribution in [1.82, 2.24) is 4.98 Å². The van der Waals surface area contributed by atoms with Crippen LogP contribution in [0.25, 0.3) is 0 Å². The van der Waals surface area contributed by atoms with Gasteiger partial charge in [-0.15, -0.1) is 0 Å². The van der Waals surface area contributed by atoms with Crippen LogP contribution in [0.3, 0.4) is 0 Å². The molecule has 0 amide bonds. The first-order valence-electron chi connectivity index (χ1n) is 9.29. The first-order valence-corrected chi connectivity index (χ1v) is 9.29. The number of halogens is 2. The highest BCUT2D eigenvalue weighted by molar-refractivity contribution is 6.15. The summed E-state index contributed by atoms with van der Waals surface area (Å²) in [5.41, 5.74) is 2.79. The molecule has 4 nitrogen and oxygen atoms in total. The van der Waals surface area contributed by atoms with Crippen LogP contribution in [0.4, 0.5) is 14.5 Å². The smallest absolute Gasteiger partial charge is 0.170 e. The van der Waals surface area contributed by atoms with Crippen molar-refractivity contribution in [2.24, 2.45) is 4.99 Å². The number of ketones is 1. The molecule has 0 saturated heterocycles. The van der Waals surface area contributed by atoms with E-state index in [0.29, 0.717) is 35.7 Å². The molecule has 3 aromatic rings. The van der Waals surface area contributed by atoms with Crippen molar-refractivity contribution in [3.8, 4) is 5.75 Å². The Balaban J connectivity index is 1.49. The highest BCUT2D eigenvalue weighted by atomic mass is 19.2. The van der Waals surface area contributed by atoms with Gasteiger partial charge in [0.25, 0.3) is 0 Å². The predicted molar refractivity (Wildman–Crippen MR) is 106 cm³/mol. The minimum absolute atomic E-state index is 0.0407. The lowest BCUT2D eigenvalue weighted by Gasteiger charge is -2.16. The molecule has 146 valence electrons. The maximum atomic E-state index is 13.8. The van der Waals surface area contributed by atoms with Gasteiger partial charge in [0.1, 0.15) is 12.4 Å². The SMILES string of the molecule is O=C1CC(CCc2cccc(F)c2F)=Nc2cc(OCc3ccccn3)ccc21. The number of rotatable bonds is 6. The van der Waals surface area contributed by atoms with E-state index in [1.807, 2.05) is 18.2 Å². The maximum absolute atomic E-state index is 13.8. The lowest BCUT2D eigenvalue weighted by atomic mass is 9.96. The number of aryl methyl sites for hydroxylation is 1. The maximum Gasteiger partial charge on any atom is 0.170 e. The number of benzene rings is 2. The van der Waals surface area contributed by atoms with Crippen LogP contribution in [0.15, 0.2) is 65.8 Å². The van der Waals surface area contributed by atoms with Crippen LogP contribution in [0.2, 0.25) is 0 Å². The molecule has 6 heteroatoms. The molecule has 0 atom stereocenters. The van der Waals surface area contributed by atoms with Crippen molar-refractivity contribution in [3.63, 3.8) is 0 Å². The van der Waals surface area contributed by atoms with Crippen molar-refractivity contribution in [3.05, 3.63) is 89.2 Å². The Morgan fingerprint density at radius 3 is 2.72 bits per heavy atom. The molecule has 0 aliphatic carbocycles. The third kappa shape index (κ3) is 4.37. The van der Waals surface area contributed by atoms with E-state index >= 15 is 0 Å². The van der Waals surface area contributed by atoms with E-state index in [-0.39, 0.29) is 24.2 Å². The van der Waals surface area contributed by atoms with Gasteiger partial charge in [0.2, 0.25) is 0 Å². The molecule has 1 aromatic heterocycles. The standard InChI is InChI=1S/C23H18F2N2O2/c24-20-6-3-4-15(23(20)25)7-8-16-12-22(28)19-10-9-18(13-21(19)27-16)29-14-17-5-1-2-11-26-17/h1-6,9-11,13H,7-8,12,14H2. The van der Waals surface area contributed by atoms with Gasteiger partial charge in [-0.25, -0.2) is 8.78 Å². The van der Waals surface area contributed by atoms with Crippen LogP contribution in [0.1, 0.15) is 34.5 Å². The van der Waals surface area contributed by atoms with Crippen LogP contribution in [-0.4, -0.2) is 16.5 Å². The van der Waals surface area contributed by atoms with Crippen LogP contribution in [0, 0.1) is 11.6 Å². The molecule has 0 bridgehead atoms. The number of aliphatic imine (C=N–C) groups is 1. The second kappa shape index (κ2) is 8.31. The summed E-state index contributed by atoms with van der Waals surface area (Å²) in [6.45, 7) is 0.309. The lowest BCUT2D eigenvalue weighted by molar-refractivity contribution is 0.0999. The zero-order chi connectivity index (χ0) is 20.2. The third-order valence-electron chi connectivity index (χ3n) is 4.74. The highest BCUT2D eigenvalue weighted by Gasteiger charge is 2.21. The van der Waals surface area contributed by atoms with Gasteiger partial charge in [0.15, 0.2) is 17.4 Å². The number of Topliss-reactive ketones (excluding diaryl/α,β-unsaturated/α-hetero) is 1. The predicted octanol–water partition coefficient (Wildman–Crippen LogP) is 5.23. The zero-order valence-electron chi connectivity index (χ0n) is 15.6. The number of carbonyl (C=O) groups excluding carboxylic acids is 1. The Kier molecular flexibility index (Phi) is 5.42. The molecule has 0 unspecified atom stereocenters. The molecular weight excluding hydrogens is 374 g/mol. The largest absolute Gasteiger partial charge is 0.487 e. The molecule has 1 aliphatic heterocycles. The highest BCUT2D eigenvalue weighted by Crippen LogP contribution is 2.31. The summed E-state index contributed by atoms with van der Waals surface area (Å²) < 4.78 is 33.0. The van der Waals surface area contributed by atoms with E-state index in [4.69, 9.17) is 4.74 Å².